The van der Waals surface area contributed by atoms with Gasteiger partial charge in [-0.05, 0) is 18.2 Å². The molecule has 2 aliphatic heterocycles. The molecule has 17 nitrogen and oxygen atoms in total. The van der Waals surface area contributed by atoms with Gasteiger partial charge < -0.3 is 79.5 Å². The Bertz CT molecular complexity index is 1550. The van der Waals surface area contributed by atoms with Crippen molar-refractivity contribution in [3.05, 3.63) is 40.6 Å². The van der Waals surface area contributed by atoms with Crippen molar-refractivity contribution < 1.29 is 79.5 Å². The summed E-state index contributed by atoms with van der Waals surface area (Å²) >= 11 is 0. The Kier molecular flexibility index (Phi) is 8.87. The molecule has 0 saturated carbocycles. The van der Waals surface area contributed by atoms with Crippen LogP contribution in [-0.4, -0.2) is 131 Å². The molecule has 0 radical (unpaired) electrons. The highest BCUT2D eigenvalue weighted by molar-refractivity contribution is 5.88. The van der Waals surface area contributed by atoms with Gasteiger partial charge in [0.25, 0.3) is 0 Å². The first-order valence-corrected chi connectivity index (χ1v) is 13.2. The first kappa shape index (κ1) is 31.7. The predicted octanol–water partition coefficient (Wildman–Crippen LogP) is -3.07. The number of fused-ring (bicyclic) bond motifs is 1. The lowest BCUT2D eigenvalue weighted by molar-refractivity contribution is -0.277. The summed E-state index contributed by atoms with van der Waals surface area (Å²) in [6, 6.07) is 5.19. The summed E-state index contributed by atoms with van der Waals surface area (Å²) in [5.41, 5.74) is -1.51. The topological polar surface area (TPSA) is 290 Å². The van der Waals surface area contributed by atoms with Crippen LogP contribution in [0.25, 0.3) is 22.3 Å². The molecule has 5 rings (SSSR count). The second kappa shape index (κ2) is 12.3. The van der Waals surface area contributed by atoms with E-state index in [-0.39, 0.29) is 11.1 Å². The average Bonchev–Trinajstić information content (AvgIpc) is 2.99. The number of phenols is 3. The predicted molar refractivity (Wildman–Crippen MR) is 142 cm³/mol. The number of benzene rings is 2. The maximum atomic E-state index is 14.1. The third kappa shape index (κ3) is 5.61. The van der Waals surface area contributed by atoms with Crippen molar-refractivity contribution in [2.75, 3.05) is 13.2 Å². The lowest BCUT2D eigenvalue weighted by atomic mass is 9.99. The van der Waals surface area contributed by atoms with Gasteiger partial charge in [0.1, 0.15) is 71.3 Å². The Hall–Kier alpha value is -3.75. The quantitative estimate of drug-likeness (QED) is 0.116. The van der Waals surface area contributed by atoms with Crippen molar-refractivity contribution in [2.24, 2.45) is 0 Å². The van der Waals surface area contributed by atoms with E-state index in [1.807, 2.05) is 0 Å². The molecule has 1 aromatic heterocycles. The first-order valence-electron chi connectivity index (χ1n) is 13.2. The van der Waals surface area contributed by atoms with Gasteiger partial charge in [-0.15, -0.1) is 0 Å². The standard InChI is InChI=1S/C27H30O17/c28-6-14-17(33)20(36)22(38)26(42-14)41-13-5-9(30)4-12-16(13)19(35)25(24(40-12)8-1-2-10(31)11(32)3-8)44-27-23(39)21(37)18(34)15(7-29)43-27/h1-5,14-15,17-18,20-23,26-34,36-39H,6-7H2/t14-,15-,17-,18-,20-,21-,22-,23-,26+,27-/m1/s1. The molecule has 2 aromatic carbocycles. The summed E-state index contributed by atoms with van der Waals surface area (Å²) in [6.07, 6.45) is -17.5. The van der Waals surface area contributed by atoms with Crippen LogP contribution in [-0.2, 0) is 9.47 Å². The van der Waals surface area contributed by atoms with E-state index in [9.17, 15) is 61.0 Å². The number of aliphatic hydroxyl groups is 8. The zero-order valence-electron chi connectivity index (χ0n) is 22.4. The molecule has 0 unspecified atom stereocenters. The van der Waals surface area contributed by atoms with Crippen LogP contribution in [0.2, 0.25) is 0 Å². The molecule has 11 N–H and O–H groups in total. The van der Waals surface area contributed by atoms with Gasteiger partial charge in [-0.2, -0.15) is 0 Å². The van der Waals surface area contributed by atoms with Gasteiger partial charge in [0.2, 0.25) is 23.8 Å². The molecule has 0 spiro atoms. The minimum absolute atomic E-state index is 0.0707. The van der Waals surface area contributed by atoms with Gasteiger partial charge in [-0.1, -0.05) is 0 Å². The molecule has 0 amide bonds. The van der Waals surface area contributed by atoms with Crippen molar-refractivity contribution >= 4 is 11.0 Å². The van der Waals surface area contributed by atoms with Crippen molar-refractivity contribution in [1.82, 2.24) is 0 Å². The molecule has 17 heteroatoms. The van der Waals surface area contributed by atoms with E-state index in [0.29, 0.717) is 0 Å². The summed E-state index contributed by atoms with van der Waals surface area (Å²) in [5, 5.41) is 110. The summed E-state index contributed by atoms with van der Waals surface area (Å²) < 4.78 is 27.8. The van der Waals surface area contributed by atoms with Gasteiger partial charge in [0, 0.05) is 17.7 Å². The number of ether oxygens (including phenoxy) is 4. The van der Waals surface area contributed by atoms with Gasteiger partial charge in [-0.25, -0.2) is 0 Å². The van der Waals surface area contributed by atoms with Gasteiger partial charge in [-0.3, -0.25) is 4.79 Å². The number of phenolic OH excluding ortho intramolecular Hbond substituents is 3. The van der Waals surface area contributed by atoms with E-state index in [1.54, 1.807) is 0 Å². The number of aliphatic hydroxyl groups excluding tert-OH is 8. The minimum atomic E-state index is -1.96. The second-order valence-corrected chi connectivity index (χ2v) is 10.2. The molecule has 0 bridgehead atoms. The highest BCUT2D eigenvalue weighted by Crippen LogP contribution is 2.40. The molecule has 0 aliphatic carbocycles. The lowest BCUT2D eigenvalue weighted by Gasteiger charge is -2.39. The third-order valence-electron chi connectivity index (χ3n) is 7.31. The fraction of sp³-hybridized carbons (Fsp3) is 0.444. The fourth-order valence-electron chi connectivity index (χ4n) is 4.88. The van der Waals surface area contributed by atoms with Crippen molar-refractivity contribution in [3.63, 3.8) is 0 Å². The minimum Gasteiger partial charge on any atom is -0.508 e. The Morgan fingerprint density at radius 3 is 1.80 bits per heavy atom. The number of aromatic hydroxyl groups is 3. The molecule has 3 heterocycles. The number of hydrogen-bond donors (Lipinski definition) is 11. The molecule has 2 saturated heterocycles. The van der Waals surface area contributed by atoms with Crippen LogP contribution in [0.5, 0.6) is 28.7 Å². The van der Waals surface area contributed by atoms with Gasteiger partial charge >= 0.3 is 0 Å². The molecular formula is C27H30O17. The second-order valence-electron chi connectivity index (χ2n) is 10.2. The van der Waals surface area contributed by atoms with E-state index in [0.717, 1.165) is 24.3 Å². The maximum absolute atomic E-state index is 14.1. The Balaban J connectivity index is 1.66. The zero-order valence-corrected chi connectivity index (χ0v) is 22.4. The molecule has 10 atom stereocenters. The highest BCUT2D eigenvalue weighted by Gasteiger charge is 2.46. The van der Waals surface area contributed by atoms with Crippen LogP contribution in [0, 0.1) is 0 Å². The fourth-order valence-corrected chi connectivity index (χ4v) is 4.88. The zero-order chi connectivity index (χ0) is 32.0. The molecular weight excluding hydrogens is 596 g/mol. The smallest absolute Gasteiger partial charge is 0.239 e. The van der Waals surface area contributed by atoms with E-state index < -0.39 is 120 Å². The van der Waals surface area contributed by atoms with Crippen molar-refractivity contribution in [2.45, 2.75) is 61.4 Å². The summed E-state index contributed by atoms with van der Waals surface area (Å²) in [6.45, 7) is -1.60. The molecule has 44 heavy (non-hydrogen) atoms. The van der Waals surface area contributed by atoms with Crippen LogP contribution in [0.1, 0.15) is 0 Å². The largest absolute Gasteiger partial charge is 0.508 e. The van der Waals surface area contributed by atoms with E-state index in [1.165, 1.54) is 6.07 Å². The Morgan fingerprint density at radius 2 is 1.25 bits per heavy atom. The SMILES string of the molecule is O=c1c(O[C@H]2O[C@H](CO)[C@@H](O)[C@@H](O)[C@H]2O)c(-c2ccc(O)c(O)c2)oc2cc(O)cc(O[C@H]3O[C@H](CO)[C@@H](O)[C@@H](O)[C@H]3O)c12. The van der Waals surface area contributed by atoms with E-state index in [2.05, 4.69) is 0 Å². The Labute approximate surface area is 246 Å². The summed E-state index contributed by atoms with van der Waals surface area (Å²) in [4.78, 5) is 14.1. The average molecular weight is 627 g/mol. The maximum Gasteiger partial charge on any atom is 0.239 e. The molecule has 2 fully saturated rings. The summed E-state index contributed by atoms with van der Waals surface area (Å²) in [5.74, 6) is -3.37. The van der Waals surface area contributed by atoms with Gasteiger partial charge in [0.15, 0.2) is 17.3 Å². The van der Waals surface area contributed by atoms with Crippen molar-refractivity contribution in [1.29, 1.82) is 0 Å². The van der Waals surface area contributed by atoms with Crippen LogP contribution in [0.3, 0.4) is 0 Å². The lowest BCUT2D eigenvalue weighted by Crippen LogP contribution is -2.60. The van der Waals surface area contributed by atoms with Gasteiger partial charge in [0.05, 0.1) is 13.2 Å². The number of rotatable bonds is 7. The normalized spacial score (nSPS) is 32.5. The van der Waals surface area contributed by atoms with Crippen LogP contribution in [0.15, 0.2) is 39.5 Å². The molecule has 3 aromatic rings. The third-order valence-corrected chi connectivity index (χ3v) is 7.31. The van der Waals surface area contributed by atoms with Crippen LogP contribution < -0.4 is 14.9 Å². The highest BCUT2D eigenvalue weighted by atomic mass is 16.7. The molecule has 240 valence electrons. The summed E-state index contributed by atoms with van der Waals surface area (Å²) in [7, 11) is 0. The van der Waals surface area contributed by atoms with E-state index >= 15 is 0 Å². The van der Waals surface area contributed by atoms with E-state index in [4.69, 9.17) is 23.4 Å². The monoisotopic (exact) mass is 626 g/mol. The van der Waals surface area contributed by atoms with Crippen LogP contribution in [0.4, 0.5) is 0 Å². The van der Waals surface area contributed by atoms with Crippen molar-refractivity contribution in [3.8, 4) is 40.1 Å². The molecule has 2 aliphatic rings. The number of hydrogen-bond acceptors (Lipinski definition) is 17. The Morgan fingerprint density at radius 1 is 0.682 bits per heavy atom. The van der Waals surface area contributed by atoms with Crippen LogP contribution >= 0.6 is 0 Å². The first-order chi connectivity index (χ1) is 20.9.